The second-order valence-corrected chi connectivity index (χ2v) is 6.00. The summed E-state index contributed by atoms with van der Waals surface area (Å²) < 4.78 is 13.7. The van der Waals surface area contributed by atoms with Crippen LogP contribution in [0.1, 0.15) is 30.9 Å². The Morgan fingerprint density at radius 1 is 1.19 bits per heavy atom. The molecule has 120 valence electrons. The quantitative estimate of drug-likeness (QED) is 0.879. The molecule has 1 saturated carbocycles. The Kier molecular flexibility index (Phi) is 7.72. The molecule has 1 aliphatic heterocycles. The average molecular weight is 356 g/mol. The van der Waals surface area contributed by atoms with Gasteiger partial charge in [0.05, 0.1) is 5.02 Å². The number of nitrogens with zero attached hydrogens (tertiary/aromatic N) is 1. The van der Waals surface area contributed by atoms with Gasteiger partial charge < -0.3 is 5.32 Å². The van der Waals surface area contributed by atoms with Crippen molar-refractivity contribution in [2.45, 2.75) is 25.3 Å². The number of rotatable bonds is 3. The SMILES string of the molecule is Cl.Cl.Fc1cc([C@@H](C2CCC2)N2CCNCC2)ccc1Cl. The van der Waals surface area contributed by atoms with E-state index in [1.165, 1.54) is 19.3 Å². The Hall–Kier alpha value is -0.0600. The second-order valence-electron chi connectivity index (χ2n) is 5.60. The first-order valence-electron chi connectivity index (χ1n) is 7.15. The minimum atomic E-state index is -0.293. The van der Waals surface area contributed by atoms with Gasteiger partial charge in [0.2, 0.25) is 0 Å². The highest BCUT2D eigenvalue weighted by molar-refractivity contribution is 6.30. The van der Waals surface area contributed by atoms with Crippen molar-refractivity contribution >= 4 is 36.4 Å². The summed E-state index contributed by atoms with van der Waals surface area (Å²) in [6.45, 7) is 4.15. The maximum atomic E-state index is 13.7. The van der Waals surface area contributed by atoms with E-state index in [0.29, 0.717) is 12.0 Å². The van der Waals surface area contributed by atoms with Crippen molar-refractivity contribution in [3.63, 3.8) is 0 Å². The van der Waals surface area contributed by atoms with Crippen LogP contribution in [-0.4, -0.2) is 31.1 Å². The monoisotopic (exact) mass is 354 g/mol. The van der Waals surface area contributed by atoms with Crippen molar-refractivity contribution in [2.75, 3.05) is 26.2 Å². The number of piperazine rings is 1. The lowest BCUT2D eigenvalue weighted by Gasteiger charge is -2.43. The summed E-state index contributed by atoms with van der Waals surface area (Å²) in [6, 6.07) is 5.69. The molecule has 1 atom stereocenters. The average Bonchev–Trinajstić information content (AvgIpc) is 2.38. The van der Waals surface area contributed by atoms with Crippen molar-refractivity contribution in [2.24, 2.45) is 5.92 Å². The summed E-state index contributed by atoms with van der Waals surface area (Å²) in [7, 11) is 0. The van der Waals surface area contributed by atoms with Crippen LogP contribution in [-0.2, 0) is 0 Å². The fourth-order valence-electron chi connectivity index (χ4n) is 3.19. The van der Waals surface area contributed by atoms with Crippen LogP contribution in [0.5, 0.6) is 0 Å². The fraction of sp³-hybridized carbons (Fsp3) is 0.600. The van der Waals surface area contributed by atoms with Gasteiger partial charge in [-0.1, -0.05) is 24.1 Å². The maximum absolute atomic E-state index is 13.7. The molecule has 0 bridgehead atoms. The Morgan fingerprint density at radius 3 is 2.38 bits per heavy atom. The van der Waals surface area contributed by atoms with Gasteiger partial charge in [0.25, 0.3) is 0 Å². The highest BCUT2D eigenvalue weighted by Gasteiger charge is 2.33. The maximum Gasteiger partial charge on any atom is 0.142 e. The molecule has 6 heteroatoms. The van der Waals surface area contributed by atoms with Crippen LogP contribution < -0.4 is 5.32 Å². The minimum Gasteiger partial charge on any atom is -0.314 e. The molecule has 2 aliphatic rings. The van der Waals surface area contributed by atoms with Gasteiger partial charge in [0, 0.05) is 32.2 Å². The highest BCUT2D eigenvalue weighted by atomic mass is 35.5. The molecule has 0 radical (unpaired) electrons. The van der Waals surface area contributed by atoms with E-state index >= 15 is 0 Å². The van der Waals surface area contributed by atoms with Crippen molar-refractivity contribution < 1.29 is 4.39 Å². The molecule has 3 rings (SSSR count). The topological polar surface area (TPSA) is 15.3 Å². The zero-order valence-electron chi connectivity index (χ0n) is 11.9. The predicted molar refractivity (Wildman–Crippen MR) is 90.4 cm³/mol. The van der Waals surface area contributed by atoms with Gasteiger partial charge in [-0.25, -0.2) is 4.39 Å². The summed E-state index contributed by atoms with van der Waals surface area (Å²) in [5.41, 5.74) is 1.09. The van der Waals surface area contributed by atoms with Gasteiger partial charge in [0.1, 0.15) is 5.82 Å². The van der Waals surface area contributed by atoms with Crippen LogP contribution in [0.25, 0.3) is 0 Å². The standard InChI is InChI=1S/C15H20ClFN2.2ClH/c16-13-5-4-12(10-14(13)17)15(11-2-1-3-11)19-8-6-18-7-9-19;;/h4-5,10-11,15,18H,1-3,6-9H2;2*1H/t15-;;/m1../s1. The molecule has 1 aliphatic carbocycles. The number of hydrogen-bond donors (Lipinski definition) is 1. The summed E-state index contributed by atoms with van der Waals surface area (Å²) in [5.74, 6) is 0.386. The first-order chi connectivity index (χ1) is 9.25. The predicted octanol–water partition coefficient (Wildman–Crippen LogP) is 4.07. The Morgan fingerprint density at radius 2 is 1.86 bits per heavy atom. The molecule has 1 N–H and O–H groups in total. The van der Waals surface area contributed by atoms with E-state index in [4.69, 9.17) is 11.6 Å². The molecule has 2 nitrogen and oxygen atoms in total. The van der Waals surface area contributed by atoms with E-state index in [1.807, 2.05) is 6.07 Å². The molecule has 1 aromatic rings. The third-order valence-corrected chi connectivity index (χ3v) is 4.73. The van der Waals surface area contributed by atoms with Crippen LogP contribution in [0.15, 0.2) is 18.2 Å². The van der Waals surface area contributed by atoms with Crippen LogP contribution in [0.3, 0.4) is 0 Å². The fourth-order valence-corrected chi connectivity index (χ4v) is 3.31. The Bertz CT molecular complexity index is 449. The number of benzene rings is 1. The molecule has 1 heterocycles. The summed E-state index contributed by atoms with van der Waals surface area (Å²) >= 11 is 5.80. The molecule has 0 amide bonds. The van der Waals surface area contributed by atoms with Crippen molar-refractivity contribution in [1.82, 2.24) is 10.2 Å². The van der Waals surface area contributed by atoms with Gasteiger partial charge in [0.15, 0.2) is 0 Å². The number of halogens is 4. The van der Waals surface area contributed by atoms with Crippen LogP contribution >= 0.6 is 36.4 Å². The second kappa shape index (κ2) is 8.54. The molecule has 0 aromatic heterocycles. The third-order valence-electron chi connectivity index (χ3n) is 4.43. The van der Waals surface area contributed by atoms with Crippen LogP contribution in [0, 0.1) is 11.7 Å². The highest BCUT2D eigenvalue weighted by Crippen LogP contribution is 2.41. The van der Waals surface area contributed by atoms with Crippen LogP contribution in [0.4, 0.5) is 4.39 Å². The van der Waals surface area contributed by atoms with E-state index in [1.54, 1.807) is 12.1 Å². The molecular weight excluding hydrogens is 334 g/mol. The van der Waals surface area contributed by atoms with Crippen molar-refractivity contribution in [3.05, 3.63) is 34.6 Å². The Balaban J connectivity index is 0.00000110. The van der Waals surface area contributed by atoms with Gasteiger partial charge in [-0.15, -0.1) is 24.8 Å². The van der Waals surface area contributed by atoms with Crippen molar-refractivity contribution in [3.8, 4) is 0 Å². The third kappa shape index (κ3) is 4.23. The first kappa shape index (κ1) is 19.0. The molecule has 1 aromatic carbocycles. The zero-order valence-corrected chi connectivity index (χ0v) is 14.2. The molecule has 0 unspecified atom stereocenters. The first-order valence-corrected chi connectivity index (χ1v) is 7.53. The van der Waals surface area contributed by atoms with E-state index in [-0.39, 0.29) is 35.7 Å². The molecule has 0 spiro atoms. The van der Waals surface area contributed by atoms with Gasteiger partial charge >= 0.3 is 0 Å². The largest absolute Gasteiger partial charge is 0.314 e. The molecular formula is C15H22Cl3FN2. The van der Waals surface area contributed by atoms with Gasteiger partial charge in [-0.05, 0) is 36.5 Å². The van der Waals surface area contributed by atoms with E-state index in [0.717, 1.165) is 31.7 Å². The Labute approximate surface area is 143 Å². The summed E-state index contributed by atoms with van der Waals surface area (Å²) in [4.78, 5) is 2.50. The lowest BCUT2D eigenvalue weighted by molar-refractivity contribution is 0.0835. The van der Waals surface area contributed by atoms with Gasteiger partial charge in [-0.3, -0.25) is 4.90 Å². The number of nitrogens with one attached hydrogen (secondary N) is 1. The minimum absolute atomic E-state index is 0. The van der Waals surface area contributed by atoms with E-state index in [2.05, 4.69) is 10.2 Å². The van der Waals surface area contributed by atoms with Crippen LogP contribution in [0.2, 0.25) is 5.02 Å². The molecule has 21 heavy (non-hydrogen) atoms. The smallest absolute Gasteiger partial charge is 0.142 e. The van der Waals surface area contributed by atoms with E-state index in [9.17, 15) is 4.39 Å². The van der Waals surface area contributed by atoms with Gasteiger partial charge in [-0.2, -0.15) is 0 Å². The van der Waals surface area contributed by atoms with Crippen molar-refractivity contribution in [1.29, 1.82) is 0 Å². The summed E-state index contributed by atoms with van der Waals surface area (Å²) in [5, 5.41) is 3.60. The van der Waals surface area contributed by atoms with E-state index < -0.39 is 0 Å². The molecule has 1 saturated heterocycles. The normalized spacial score (nSPS) is 20.9. The number of hydrogen-bond acceptors (Lipinski definition) is 2. The summed E-state index contributed by atoms with van der Waals surface area (Å²) in [6.07, 6.45) is 3.83. The molecule has 2 fully saturated rings. The lowest BCUT2D eigenvalue weighted by Crippen LogP contribution is -2.47. The zero-order chi connectivity index (χ0) is 13.2. The lowest BCUT2D eigenvalue weighted by atomic mass is 9.76.